The topological polar surface area (TPSA) is 65.2 Å². The first-order valence-corrected chi connectivity index (χ1v) is 7.22. The summed E-state index contributed by atoms with van der Waals surface area (Å²) >= 11 is 5.06. The van der Waals surface area contributed by atoms with Crippen molar-refractivity contribution in [1.82, 2.24) is 10.1 Å². The van der Waals surface area contributed by atoms with Crippen LogP contribution in [0.5, 0.6) is 0 Å². The van der Waals surface area contributed by atoms with Gasteiger partial charge in [-0.15, -0.1) is 11.8 Å². The van der Waals surface area contributed by atoms with Gasteiger partial charge in [0, 0.05) is 9.37 Å². The van der Waals surface area contributed by atoms with E-state index in [4.69, 9.17) is 4.52 Å². The number of hydrogen-bond acceptors (Lipinski definition) is 6. The van der Waals surface area contributed by atoms with Crippen LogP contribution in [0.4, 0.5) is 0 Å². The zero-order chi connectivity index (χ0) is 13.7. The van der Waals surface area contributed by atoms with E-state index in [1.807, 2.05) is 24.3 Å². The largest absolute Gasteiger partial charge is 0.469 e. The number of hydrogen-bond donors (Lipinski definition) is 0. The third-order valence-electron chi connectivity index (χ3n) is 2.23. The minimum absolute atomic E-state index is 0.00317. The molecule has 7 heteroatoms. The summed E-state index contributed by atoms with van der Waals surface area (Å²) in [6, 6.07) is 7.90. The van der Waals surface area contributed by atoms with Crippen molar-refractivity contribution < 1.29 is 14.1 Å². The fraction of sp³-hybridized carbons (Fsp3) is 0.250. The highest BCUT2D eigenvalue weighted by molar-refractivity contribution is 9.10. The molecule has 5 nitrogen and oxygen atoms in total. The first-order chi connectivity index (χ1) is 9.19. The summed E-state index contributed by atoms with van der Waals surface area (Å²) in [6.07, 6.45) is 0.00317. The molecule has 0 saturated carbocycles. The normalized spacial score (nSPS) is 10.4. The fourth-order valence-corrected chi connectivity index (χ4v) is 2.73. The Kier molecular flexibility index (Phi) is 4.98. The van der Waals surface area contributed by atoms with Crippen LogP contribution in [-0.4, -0.2) is 23.2 Å². The van der Waals surface area contributed by atoms with E-state index in [0.29, 0.717) is 11.6 Å². The fourth-order valence-electron chi connectivity index (χ4n) is 1.32. The predicted molar refractivity (Wildman–Crippen MR) is 73.7 cm³/mol. The number of thioether (sulfide) groups is 1. The molecular weight excluding hydrogens is 332 g/mol. The molecule has 0 unspecified atom stereocenters. The molecular formula is C12H11BrN2O3S. The second kappa shape index (κ2) is 6.72. The highest BCUT2D eigenvalue weighted by Gasteiger charge is 2.11. The van der Waals surface area contributed by atoms with Gasteiger partial charge in [0.2, 0.25) is 5.89 Å². The van der Waals surface area contributed by atoms with Crippen LogP contribution >= 0.6 is 27.7 Å². The minimum atomic E-state index is -0.395. The Balaban J connectivity index is 1.94. The van der Waals surface area contributed by atoms with Gasteiger partial charge in [-0.2, -0.15) is 4.98 Å². The highest BCUT2D eigenvalue weighted by Crippen LogP contribution is 2.28. The predicted octanol–water partition coefficient (Wildman–Crippen LogP) is 2.84. The van der Waals surface area contributed by atoms with Crippen molar-refractivity contribution in [1.29, 1.82) is 0 Å². The Morgan fingerprint density at radius 2 is 2.26 bits per heavy atom. The molecule has 2 aromatic rings. The van der Waals surface area contributed by atoms with Gasteiger partial charge in [-0.3, -0.25) is 4.79 Å². The van der Waals surface area contributed by atoms with Gasteiger partial charge in [0.25, 0.3) is 0 Å². The van der Waals surface area contributed by atoms with Crippen LogP contribution < -0.4 is 0 Å². The van der Waals surface area contributed by atoms with Crippen LogP contribution in [-0.2, 0) is 21.7 Å². The number of benzene rings is 1. The Morgan fingerprint density at radius 3 is 3.00 bits per heavy atom. The molecule has 0 aliphatic rings. The number of rotatable bonds is 5. The van der Waals surface area contributed by atoms with Gasteiger partial charge < -0.3 is 9.26 Å². The number of nitrogens with zero attached hydrogens (tertiary/aromatic N) is 2. The van der Waals surface area contributed by atoms with Crippen molar-refractivity contribution in [3.05, 3.63) is 40.5 Å². The molecule has 0 amide bonds. The number of carbonyl (C=O) groups excluding carboxylic acids is 1. The summed E-state index contributed by atoms with van der Waals surface area (Å²) in [5.41, 5.74) is 0. The lowest BCUT2D eigenvalue weighted by atomic mass is 10.4. The SMILES string of the molecule is COC(=O)Cc1nc(CSc2ccccc2Br)no1. The Bertz CT molecular complexity index is 574. The summed E-state index contributed by atoms with van der Waals surface area (Å²) in [6.45, 7) is 0. The van der Waals surface area contributed by atoms with Crippen LogP contribution in [0, 0.1) is 0 Å². The number of esters is 1. The average Bonchev–Trinajstić information content (AvgIpc) is 2.85. The van der Waals surface area contributed by atoms with Crippen LogP contribution in [0.15, 0.2) is 38.2 Å². The molecule has 0 atom stereocenters. The van der Waals surface area contributed by atoms with Gasteiger partial charge in [0.1, 0.15) is 6.42 Å². The maximum absolute atomic E-state index is 11.1. The molecule has 0 fully saturated rings. The van der Waals surface area contributed by atoms with Crippen molar-refractivity contribution in [2.75, 3.05) is 7.11 Å². The lowest BCUT2D eigenvalue weighted by molar-refractivity contribution is -0.140. The summed E-state index contributed by atoms with van der Waals surface area (Å²) in [5.74, 6) is 1.01. The molecule has 100 valence electrons. The molecule has 0 radical (unpaired) electrons. The van der Waals surface area contributed by atoms with Crippen LogP contribution in [0.3, 0.4) is 0 Å². The van der Waals surface area contributed by atoms with Crippen molar-refractivity contribution in [2.45, 2.75) is 17.1 Å². The smallest absolute Gasteiger partial charge is 0.315 e. The zero-order valence-corrected chi connectivity index (χ0v) is 12.5. The zero-order valence-electron chi connectivity index (χ0n) is 10.1. The molecule has 1 aromatic heterocycles. The molecule has 0 saturated heterocycles. The summed E-state index contributed by atoms with van der Waals surface area (Å²) < 4.78 is 10.5. The van der Waals surface area contributed by atoms with Gasteiger partial charge in [0.15, 0.2) is 5.82 Å². The molecule has 1 aromatic carbocycles. The van der Waals surface area contributed by atoms with Crippen LogP contribution in [0.25, 0.3) is 0 Å². The highest BCUT2D eigenvalue weighted by atomic mass is 79.9. The third kappa shape index (κ3) is 4.07. The van der Waals surface area contributed by atoms with Crippen LogP contribution in [0.2, 0.25) is 0 Å². The second-order valence-electron chi connectivity index (χ2n) is 3.58. The molecule has 19 heavy (non-hydrogen) atoms. The Morgan fingerprint density at radius 1 is 1.47 bits per heavy atom. The van der Waals surface area contributed by atoms with E-state index in [1.165, 1.54) is 7.11 Å². The Labute approximate surface area is 122 Å². The quantitative estimate of drug-likeness (QED) is 0.614. The van der Waals surface area contributed by atoms with Crippen molar-refractivity contribution >= 4 is 33.7 Å². The summed E-state index contributed by atoms with van der Waals surface area (Å²) in [4.78, 5) is 16.3. The number of halogens is 1. The summed E-state index contributed by atoms with van der Waals surface area (Å²) in [7, 11) is 1.32. The standard InChI is InChI=1S/C12H11BrN2O3S/c1-17-12(16)6-11-14-10(15-18-11)7-19-9-5-3-2-4-8(9)13/h2-5H,6-7H2,1H3. The van der Waals surface area contributed by atoms with E-state index in [0.717, 1.165) is 9.37 Å². The number of methoxy groups -OCH3 is 1. The first-order valence-electron chi connectivity index (χ1n) is 5.44. The van der Waals surface area contributed by atoms with E-state index in [1.54, 1.807) is 11.8 Å². The number of carbonyl (C=O) groups is 1. The number of ether oxygens (including phenoxy) is 1. The lowest BCUT2D eigenvalue weighted by Gasteiger charge is -2.00. The van der Waals surface area contributed by atoms with Crippen LogP contribution in [0.1, 0.15) is 11.7 Å². The molecule has 0 N–H and O–H groups in total. The van der Waals surface area contributed by atoms with Gasteiger partial charge in [0.05, 0.1) is 12.9 Å². The van der Waals surface area contributed by atoms with Crippen molar-refractivity contribution in [3.8, 4) is 0 Å². The second-order valence-corrected chi connectivity index (χ2v) is 5.45. The Hall–Kier alpha value is -1.34. The van der Waals surface area contributed by atoms with Gasteiger partial charge in [-0.25, -0.2) is 0 Å². The monoisotopic (exact) mass is 342 g/mol. The van der Waals surface area contributed by atoms with Gasteiger partial charge in [-0.1, -0.05) is 17.3 Å². The third-order valence-corrected chi connectivity index (χ3v) is 4.25. The van der Waals surface area contributed by atoms with E-state index < -0.39 is 5.97 Å². The van der Waals surface area contributed by atoms with Gasteiger partial charge >= 0.3 is 5.97 Å². The average molecular weight is 343 g/mol. The maximum Gasteiger partial charge on any atom is 0.315 e. The van der Waals surface area contributed by atoms with E-state index >= 15 is 0 Å². The maximum atomic E-state index is 11.1. The molecule has 0 aliphatic heterocycles. The van der Waals surface area contributed by atoms with E-state index in [-0.39, 0.29) is 12.3 Å². The molecule has 2 rings (SSSR count). The molecule has 0 spiro atoms. The molecule has 1 heterocycles. The van der Waals surface area contributed by atoms with Crippen molar-refractivity contribution in [3.63, 3.8) is 0 Å². The van der Waals surface area contributed by atoms with E-state index in [2.05, 4.69) is 30.8 Å². The molecule has 0 aliphatic carbocycles. The number of aromatic nitrogens is 2. The minimum Gasteiger partial charge on any atom is -0.469 e. The van der Waals surface area contributed by atoms with Gasteiger partial charge in [-0.05, 0) is 28.1 Å². The lowest BCUT2D eigenvalue weighted by Crippen LogP contribution is -2.04. The van der Waals surface area contributed by atoms with Crippen molar-refractivity contribution in [2.24, 2.45) is 0 Å². The molecule has 0 bridgehead atoms. The first kappa shape index (κ1) is 14.1. The van der Waals surface area contributed by atoms with E-state index in [9.17, 15) is 4.79 Å². The summed E-state index contributed by atoms with van der Waals surface area (Å²) in [5, 5.41) is 3.82.